The van der Waals surface area contributed by atoms with Crippen molar-refractivity contribution >= 4 is 27.5 Å². The lowest BCUT2D eigenvalue weighted by molar-refractivity contribution is -0.136. The van der Waals surface area contributed by atoms with Crippen LogP contribution in [0, 0.1) is 5.82 Å². The van der Waals surface area contributed by atoms with Crippen LogP contribution in [0.1, 0.15) is 20.3 Å². The van der Waals surface area contributed by atoms with Gasteiger partial charge in [-0.2, -0.15) is 0 Å². The van der Waals surface area contributed by atoms with Gasteiger partial charge in [0, 0.05) is 11.6 Å². The Morgan fingerprint density at radius 3 is 2.76 bits per heavy atom. The number of benzene rings is 1. The smallest absolute Gasteiger partial charge is 0.256 e. The topological polar surface area (TPSA) is 38.3 Å². The van der Waals surface area contributed by atoms with Crippen LogP contribution < -0.4 is 5.32 Å². The minimum Gasteiger partial charge on any atom is -0.369 e. The van der Waals surface area contributed by atoms with E-state index in [4.69, 9.17) is 4.74 Å². The second-order valence-corrected chi connectivity index (χ2v) is 4.72. The lowest BCUT2D eigenvalue weighted by Crippen LogP contribution is -2.41. The van der Waals surface area contributed by atoms with Crippen molar-refractivity contribution in [2.24, 2.45) is 0 Å². The summed E-state index contributed by atoms with van der Waals surface area (Å²) in [6.07, 6.45) is 0.530. The van der Waals surface area contributed by atoms with Crippen LogP contribution in [0.4, 0.5) is 10.1 Å². The van der Waals surface area contributed by atoms with E-state index in [0.29, 0.717) is 16.6 Å². The number of nitrogens with one attached hydrogen (secondary N) is 1. The van der Waals surface area contributed by atoms with E-state index in [2.05, 4.69) is 21.2 Å². The van der Waals surface area contributed by atoms with Crippen molar-refractivity contribution in [3.63, 3.8) is 0 Å². The first-order valence-corrected chi connectivity index (χ1v) is 6.04. The fourth-order valence-corrected chi connectivity index (χ4v) is 1.59. The van der Waals surface area contributed by atoms with Gasteiger partial charge in [0.2, 0.25) is 0 Å². The van der Waals surface area contributed by atoms with Crippen molar-refractivity contribution in [3.05, 3.63) is 28.5 Å². The van der Waals surface area contributed by atoms with Crippen LogP contribution in [0.2, 0.25) is 0 Å². The zero-order valence-electron chi connectivity index (χ0n) is 10.0. The van der Waals surface area contributed by atoms with E-state index in [0.717, 1.165) is 0 Å². The maximum Gasteiger partial charge on any atom is 0.256 e. The molecule has 1 amide bonds. The van der Waals surface area contributed by atoms with Gasteiger partial charge in [-0.25, -0.2) is 4.39 Å². The van der Waals surface area contributed by atoms with E-state index in [1.165, 1.54) is 19.2 Å². The third-order valence-corrected chi connectivity index (χ3v) is 3.47. The van der Waals surface area contributed by atoms with Crippen molar-refractivity contribution in [1.82, 2.24) is 0 Å². The molecule has 0 spiro atoms. The average Bonchev–Trinajstić information content (AvgIpc) is 2.32. The van der Waals surface area contributed by atoms with Gasteiger partial charge in [0.15, 0.2) is 0 Å². The number of ether oxygens (including phenoxy) is 1. The third-order valence-electron chi connectivity index (χ3n) is 2.78. The summed E-state index contributed by atoms with van der Waals surface area (Å²) in [6.45, 7) is 3.54. The van der Waals surface area contributed by atoms with Crippen LogP contribution in [-0.2, 0) is 9.53 Å². The van der Waals surface area contributed by atoms with Crippen molar-refractivity contribution in [2.75, 3.05) is 12.4 Å². The summed E-state index contributed by atoms with van der Waals surface area (Å²) in [7, 11) is 1.48. The maximum atomic E-state index is 13.1. The Morgan fingerprint density at radius 1 is 1.59 bits per heavy atom. The molecule has 5 heteroatoms. The first-order chi connectivity index (χ1) is 7.92. The highest BCUT2D eigenvalue weighted by molar-refractivity contribution is 9.10. The first-order valence-electron chi connectivity index (χ1n) is 5.24. The summed E-state index contributed by atoms with van der Waals surface area (Å²) >= 11 is 3.25. The largest absolute Gasteiger partial charge is 0.369 e. The SMILES string of the molecule is CCC(C)(OC)C(=O)Nc1cc(F)ccc1Br. The van der Waals surface area contributed by atoms with Crippen molar-refractivity contribution in [1.29, 1.82) is 0 Å². The summed E-state index contributed by atoms with van der Waals surface area (Å²) in [5.41, 5.74) is -0.516. The predicted octanol–water partition coefficient (Wildman–Crippen LogP) is 3.34. The minimum atomic E-state index is -0.911. The normalized spacial score (nSPS) is 14.2. The quantitative estimate of drug-likeness (QED) is 0.926. The molecule has 0 bridgehead atoms. The Bertz CT molecular complexity index is 419. The van der Waals surface area contributed by atoms with Crippen LogP contribution in [0.25, 0.3) is 0 Å². The monoisotopic (exact) mass is 303 g/mol. The summed E-state index contributed by atoms with van der Waals surface area (Å²) < 4.78 is 18.9. The maximum absolute atomic E-state index is 13.1. The van der Waals surface area contributed by atoms with E-state index in [9.17, 15) is 9.18 Å². The molecule has 94 valence electrons. The van der Waals surface area contributed by atoms with Crippen LogP contribution >= 0.6 is 15.9 Å². The van der Waals surface area contributed by atoms with Gasteiger partial charge < -0.3 is 10.1 Å². The van der Waals surface area contributed by atoms with Crippen LogP contribution in [0.5, 0.6) is 0 Å². The zero-order valence-corrected chi connectivity index (χ0v) is 11.6. The fourth-order valence-electron chi connectivity index (χ4n) is 1.25. The van der Waals surface area contributed by atoms with E-state index < -0.39 is 11.4 Å². The Balaban J connectivity index is 2.91. The Hall–Kier alpha value is -0.940. The van der Waals surface area contributed by atoms with Crippen molar-refractivity contribution < 1.29 is 13.9 Å². The minimum absolute atomic E-state index is 0.297. The second-order valence-electron chi connectivity index (χ2n) is 3.87. The van der Waals surface area contributed by atoms with Gasteiger partial charge in [-0.15, -0.1) is 0 Å². The average molecular weight is 304 g/mol. The molecule has 1 aromatic carbocycles. The number of amides is 1. The summed E-state index contributed by atoms with van der Waals surface area (Å²) in [4.78, 5) is 12.0. The summed E-state index contributed by atoms with van der Waals surface area (Å²) in [5.74, 6) is -0.701. The molecule has 0 aromatic heterocycles. The number of halogens is 2. The summed E-state index contributed by atoms with van der Waals surface area (Å²) in [6, 6.07) is 4.11. The molecule has 17 heavy (non-hydrogen) atoms. The molecule has 0 fully saturated rings. The molecule has 0 saturated heterocycles. The van der Waals surface area contributed by atoms with E-state index >= 15 is 0 Å². The van der Waals surface area contributed by atoms with Crippen LogP contribution in [0.3, 0.4) is 0 Å². The molecule has 0 saturated carbocycles. The molecule has 3 nitrogen and oxygen atoms in total. The predicted molar refractivity (Wildman–Crippen MR) is 68.4 cm³/mol. The van der Waals surface area contributed by atoms with E-state index in [-0.39, 0.29) is 5.91 Å². The molecule has 1 rings (SSSR count). The van der Waals surface area contributed by atoms with Crippen LogP contribution in [-0.4, -0.2) is 18.6 Å². The molecular weight excluding hydrogens is 289 g/mol. The Labute approximate surface area is 108 Å². The highest BCUT2D eigenvalue weighted by atomic mass is 79.9. The zero-order chi connectivity index (χ0) is 13.1. The molecule has 0 radical (unpaired) electrons. The molecule has 0 aliphatic rings. The number of methoxy groups -OCH3 is 1. The third kappa shape index (κ3) is 3.26. The molecule has 1 atom stereocenters. The van der Waals surface area contributed by atoms with Crippen molar-refractivity contribution in [2.45, 2.75) is 25.9 Å². The second kappa shape index (κ2) is 5.60. The van der Waals surface area contributed by atoms with Gasteiger partial charge in [0.25, 0.3) is 5.91 Å². The number of hydrogen-bond donors (Lipinski definition) is 1. The van der Waals surface area contributed by atoms with E-state index in [1.54, 1.807) is 13.0 Å². The molecule has 1 aromatic rings. The van der Waals surface area contributed by atoms with Gasteiger partial charge >= 0.3 is 0 Å². The van der Waals surface area contributed by atoms with Gasteiger partial charge in [-0.1, -0.05) is 6.92 Å². The van der Waals surface area contributed by atoms with E-state index in [1.807, 2.05) is 6.92 Å². The van der Waals surface area contributed by atoms with Gasteiger partial charge in [0.05, 0.1) is 5.69 Å². The molecular formula is C12H15BrFNO2. The summed E-state index contributed by atoms with van der Waals surface area (Å²) in [5, 5.41) is 2.64. The molecule has 1 unspecified atom stereocenters. The first kappa shape index (κ1) is 14.1. The number of carbonyl (C=O) groups excluding carboxylic acids is 1. The van der Waals surface area contributed by atoms with Gasteiger partial charge in [0.1, 0.15) is 11.4 Å². The fraction of sp³-hybridized carbons (Fsp3) is 0.417. The number of hydrogen-bond acceptors (Lipinski definition) is 2. The van der Waals surface area contributed by atoms with Crippen LogP contribution in [0.15, 0.2) is 22.7 Å². The molecule has 0 heterocycles. The highest BCUT2D eigenvalue weighted by Crippen LogP contribution is 2.25. The van der Waals surface area contributed by atoms with Gasteiger partial charge in [-0.05, 0) is 47.5 Å². The number of anilines is 1. The van der Waals surface area contributed by atoms with Gasteiger partial charge in [-0.3, -0.25) is 4.79 Å². The standard InChI is InChI=1S/C12H15BrFNO2/c1-4-12(2,17-3)11(16)15-10-7-8(14)5-6-9(10)13/h5-7H,4H2,1-3H3,(H,15,16). The molecule has 0 aliphatic carbocycles. The highest BCUT2D eigenvalue weighted by Gasteiger charge is 2.31. The number of carbonyl (C=O) groups is 1. The Kier molecular flexibility index (Phi) is 4.65. The number of rotatable bonds is 4. The van der Waals surface area contributed by atoms with Crippen molar-refractivity contribution in [3.8, 4) is 0 Å². The molecule has 0 aliphatic heterocycles. The molecule has 1 N–H and O–H groups in total. The lowest BCUT2D eigenvalue weighted by Gasteiger charge is -2.25. The lowest BCUT2D eigenvalue weighted by atomic mass is 10.0. The Morgan fingerprint density at radius 2 is 2.24 bits per heavy atom.